The average Bonchev–Trinajstić information content (AvgIpc) is 2.98. The molecule has 0 bridgehead atoms. The van der Waals surface area contributed by atoms with Gasteiger partial charge in [0.25, 0.3) is 0 Å². The van der Waals surface area contributed by atoms with Crippen LogP contribution in [0.3, 0.4) is 0 Å². The third kappa shape index (κ3) is 9.81. The van der Waals surface area contributed by atoms with Crippen molar-refractivity contribution in [3.05, 3.63) is 130 Å². The number of carbonyl (C=O) groups is 2. The molecule has 4 aromatic carbocycles. The minimum absolute atomic E-state index is 0.141. The molecule has 0 spiro atoms. The molecule has 0 amide bonds. The molecule has 4 rings (SSSR count). The summed E-state index contributed by atoms with van der Waals surface area (Å²) in [5, 5.41) is 0. The van der Waals surface area contributed by atoms with E-state index in [2.05, 4.69) is 0 Å². The maximum absolute atomic E-state index is 14.5. The highest BCUT2D eigenvalue weighted by Crippen LogP contribution is 2.20. The lowest BCUT2D eigenvalue weighted by Crippen LogP contribution is -2.11. The first-order valence-corrected chi connectivity index (χ1v) is 14.3. The second-order valence-corrected chi connectivity index (χ2v) is 10.3. The Morgan fingerprint density at radius 3 is 1.16 bits per heavy atom. The number of unbranched alkanes of at least 4 members (excludes halogenated alkanes) is 6. The van der Waals surface area contributed by atoms with Crippen molar-refractivity contribution >= 4 is 11.9 Å². The van der Waals surface area contributed by atoms with E-state index >= 15 is 0 Å². The summed E-state index contributed by atoms with van der Waals surface area (Å²) in [7, 11) is 0. The summed E-state index contributed by atoms with van der Waals surface area (Å²) in [6.07, 6.45) is 8.33. The first-order valence-electron chi connectivity index (χ1n) is 14.3. The lowest BCUT2D eigenvalue weighted by atomic mass is 10.0. The van der Waals surface area contributed by atoms with Gasteiger partial charge < -0.3 is 9.47 Å². The van der Waals surface area contributed by atoms with Crippen LogP contribution in [-0.2, 0) is 12.8 Å². The fraction of sp³-hybridized carbons (Fsp3) is 0.257. The van der Waals surface area contributed by atoms with E-state index < -0.39 is 35.2 Å². The Balaban J connectivity index is 1.08. The Labute approximate surface area is 248 Å². The third-order valence-electron chi connectivity index (χ3n) is 6.99. The smallest absolute Gasteiger partial charge is 0.346 e. The highest BCUT2D eigenvalue weighted by molar-refractivity contribution is 5.92. The van der Waals surface area contributed by atoms with Crippen molar-refractivity contribution in [2.75, 3.05) is 0 Å². The molecule has 224 valence electrons. The van der Waals surface area contributed by atoms with Crippen LogP contribution < -0.4 is 9.47 Å². The zero-order valence-electron chi connectivity index (χ0n) is 23.6. The standard InChI is InChI=1S/C35H32F4O4/c36-26-12-16-28(17-13-26)42-34(40)30-20-10-24(22-32(30)38)8-6-4-2-1-3-5-7-9-25-11-21-31(33(39)23-25)35(41)43-29-18-14-27(37)15-19-29/h10-23H,1-9H2. The predicted molar refractivity (Wildman–Crippen MR) is 155 cm³/mol. The van der Waals surface area contributed by atoms with Crippen molar-refractivity contribution in [1.29, 1.82) is 0 Å². The quantitative estimate of drug-likeness (QED) is 0.0634. The van der Waals surface area contributed by atoms with Gasteiger partial charge in [0.2, 0.25) is 0 Å². The van der Waals surface area contributed by atoms with Gasteiger partial charge in [0, 0.05) is 0 Å². The molecular weight excluding hydrogens is 560 g/mol. The number of ether oxygens (including phenoxy) is 2. The van der Waals surface area contributed by atoms with E-state index in [1.54, 1.807) is 12.1 Å². The summed E-state index contributed by atoms with van der Waals surface area (Å²) in [5.74, 6) is -3.60. The molecule has 0 aliphatic rings. The molecule has 0 heterocycles. The zero-order valence-corrected chi connectivity index (χ0v) is 23.6. The normalized spacial score (nSPS) is 10.9. The van der Waals surface area contributed by atoms with Gasteiger partial charge >= 0.3 is 11.9 Å². The SMILES string of the molecule is O=C(Oc1ccc(F)cc1)c1ccc(CCCCCCCCCc2ccc(C(=O)Oc3ccc(F)cc3)c(F)c2)cc1F. The van der Waals surface area contributed by atoms with E-state index in [1.165, 1.54) is 48.5 Å². The first kappa shape index (κ1) is 31.5. The summed E-state index contributed by atoms with van der Waals surface area (Å²) in [5.41, 5.74) is 1.27. The molecule has 0 N–H and O–H groups in total. The molecule has 0 atom stereocenters. The Morgan fingerprint density at radius 1 is 0.465 bits per heavy atom. The summed E-state index contributed by atoms with van der Waals surface area (Å²) >= 11 is 0. The Hall–Kier alpha value is -4.46. The monoisotopic (exact) mass is 592 g/mol. The van der Waals surface area contributed by atoms with Gasteiger partial charge in [0.15, 0.2) is 0 Å². The number of benzene rings is 4. The van der Waals surface area contributed by atoms with Crippen molar-refractivity contribution in [2.24, 2.45) is 0 Å². The van der Waals surface area contributed by atoms with Crippen molar-refractivity contribution in [1.82, 2.24) is 0 Å². The van der Waals surface area contributed by atoms with E-state index in [0.717, 1.165) is 80.3 Å². The number of esters is 2. The largest absolute Gasteiger partial charge is 0.423 e. The van der Waals surface area contributed by atoms with Gasteiger partial charge in [-0.3, -0.25) is 0 Å². The predicted octanol–water partition coefficient (Wildman–Crippen LogP) is 9.20. The Morgan fingerprint density at radius 2 is 0.814 bits per heavy atom. The first-order chi connectivity index (χ1) is 20.8. The van der Waals surface area contributed by atoms with Gasteiger partial charge in [-0.25, -0.2) is 27.2 Å². The fourth-order valence-electron chi connectivity index (χ4n) is 4.63. The molecule has 43 heavy (non-hydrogen) atoms. The number of rotatable bonds is 14. The maximum Gasteiger partial charge on any atom is 0.346 e. The van der Waals surface area contributed by atoms with Gasteiger partial charge in [-0.15, -0.1) is 0 Å². The second kappa shape index (κ2) is 15.7. The highest BCUT2D eigenvalue weighted by atomic mass is 19.1. The van der Waals surface area contributed by atoms with Crippen molar-refractivity contribution in [2.45, 2.75) is 57.8 Å². The van der Waals surface area contributed by atoms with Gasteiger partial charge in [-0.1, -0.05) is 44.2 Å². The minimum atomic E-state index is -0.832. The molecule has 0 aliphatic carbocycles. The summed E-state index contributed by atoms with van der Waals surface area (Å²) < 4.78 is 65.2. The van der Waals surface area contributed by atoms with Crippen LogP contribution in [0.5, 0.6) is 11.5 Å². The third-order valence-corrected chi connectivity index (χ3v) is 6.99. The van der Waals surface area contributed by atoms with Crippen LogP contribution in [0.15, 0.2) is 84.9 Å². The van der Waals surface area contributed by atoms with Crippen LogP contribution in [0.4, 0.5) is 17.6 Å². The number of hydrogen-bond donors (Lipinski definition) is 0. The van der Waals surface area contributed by atoms with Gasteiger partial charge in [0.1, 0.15) is 34.8 Å². The van der Waals surface area contributed by atoms with Crippen LogP contribution in [-0.4, -0.2) is 11.9 Å². The van der Waals surface area contributed by atoms with E-state index in [4.69, 9.17) is 9.47 Å². The molecule has 0 unspecified atom stereocenters. The van der Waals surface area contributed by atoms with Crippen LogP contribution in [0, 0.1) is 23.3 Å². The highest BCUT2D eigenvalue weighted by Gasteiger charge is 2.16. The molecule has 0 radical (unpaired) electrons. The Kier molecular flexibility index (Phi) is 11.5. The summed E-state index contributed by atoms with van der Waals surface area (Å²) in [6, 6.07) is 18.8. The number of aryl methyl sites for hydroxylation is 2. The molecule has 0 aliphatic heterocycles. The lowest BCUT2D eigenvalue weighted by molar-refractivity contribution is 0.0719. The van der Waals surface area contributed by atoms with Crippen LogP contribution >= 0.6 is 0 Å². The molecule has 8 heteroatoms. The topological polar surface area (TPSA) is 52.6 Å². The van der Waals surface area contributed by atoms with Crippen LogP contribution in [0.2, 0.25) is 0 Å². The molecule has 4 nitrogen and oxygen atoms in total. The molecule has 0 fully saturated rings. The number of halogens is 4. The Bertz CT molecular complexity index is 1400. The van der Waals surface area contributed by atoms with Crippen LogP contribution in [0.25, 0.3) is 0 Å². The molecule has 0 aromatic heterocycles. The van der Waals surface area contributed by atoms with Crippen LogP contribution in [0.1, 0.15) is 76.8 Å². The fourth-order valence-corrected chi connectivity index (χ4v) is 4.63. The summed E-state index contributed by atoms with van der Waals surface area (Å²) in [4.78, 5) is 24.5. The van der Waals surface area contributed by atoms with E-state index in [0.29, 0.717) is 12.8 Å². The molecule has 0 saturated heterocycles. The van der Waals surface area contributed by atoms with Gasteiger partial charge in [-0.2, -0.15) is 0 Å². The van der Waals surface area contributed by atoms with Crippen molar-refractivity contribution in [3.63, 3.8) is 0 Å². The van der Waals surface area contributed by atoms with Crippen molar-refractivity contribution < 1.29 is 36.6 Å². The number of carbonyl (C=O) groups excluding carboxylic acids is 2. The average molecular weight is 593 g/mol. The van der Waals surface area contributed by atoms with Gasteiger partial charge in [-0.05, 0) is 110 Å². The van der Waals surface area contributed by atoms with Crippen molar-refractivity contribution in [3.8, 4) is 11.5 Å². The van der Waals surface area contributed by atoms with Gasteiger partial charge in [0.05, 0.1) is 11.1 Å². The molecule has 4 aromatic rings. The molecular formula is C35H32F4O4. The second-order valence-electron chi connectivity index (χ2n) is 10.3. The zero-order chi connectivity index (χ0) is 30.6. The van der Waals surface area contributed by atoms with E-state index in [-0.39, 0.29) is 22.6 Å². The van der Waals surface area contributed by atoms with E-state index in [9.17, 15) is 27.2 Å². The molecule has 0 saturated carbocycles. The summed E-state index contributed by atoms with van der Waals surface area (Å²) in [6.45, 7) is 0. The maximum atomic E-state index is 14.5. The minimum Gasteiger partial charge on any atom is -0.423 e. The number of hydrogen-bond acceptors (Lipinski definition) is 4. The van der Waals surface area contributed by atoms with E-state index in [1.807, 2.05) is 0 Å². The lowest BCUT2D eigenvalue weighted by Gasteiger charge is -2.08.